The zero-order valence-electron chi connectivity index (χ0n) is 12.3. The zero-order valence-corrected chi connectivity index (χ0v) is 12.3. The number of rotatable bonds is 7. The van der Waals surface area contributed by atoms with Gasteiger partial charge >= 0.3 is 0 Å². The van der Waals surface area contributed by atoms with E-state index < -0.39 is 0 Å². The van der Waals surface area contributed by atoms with Crippen molar-refractivity contribution in [3.8, 4) is 11.5 Å². The lowest BCUT2D eigenvalue weighted by molar-refractivity contribution is 0.0141. The van der Waals surface area contributed by atoms with Gasteiger partial charge in [-0.3, -0.25) is 4.79 Å². The molecule has 0 amide bonds. The lowest BCUT2D eigenvalue weighted by atomic mass is 9.97. The van der Waals surface area contributed by atoms with Gasteiger partial charge in [-0.2, -0.15) is 0 Å². The van der Waals surface area contributed by atoms with Gasteiger partial charge in [0, 0.05) is 13.5 Å². The Labute approximate surface area is 114 Å². The molecular weight excluding hydrogens is 244 g/mol. The van der Waals surface area contributed by atoms with Crippen LogP contribution in [-0.4, -0.2) is 32.7 Å². The largest absolute Gasteiger partial charge is 0.496 e. The van der Waals surface area contributed by atoms with Gasteiger partial charge in [-0.1, -0.05) is 6.07 Å². The fourth-order valence-corrected chi connectivity index (χ4v) is 1.77. The minimum atomic E-state index is -0.315. The molecule has 0 radical (unpaired) electrons. The van der Waals surface area contributed by atoms with Gasteiger partial charge in [0.1, 0.15) is 17.1 Å². The van der Waals surface area contributed by atoms with E-state index in [1.54, 1.807) is 39.5 Å². The molecule has 0 saturated carbocycles. The number of carbonyl (C=O) groups excluding carboxylic acids is 1. The van der Waals surface area contributed by atoms with Crippen LogP contribution in [0, 0.1) is 0 Å². The number of ketones is 1. The predicted octanol–water partition coefficient (Wildman–Crippen LogP) is 3.09. The quantitative estimate of drug-likeness (QED) is 0.711. The number of hydrogen-bond donors (Lipinski definition) is 0. The highest BCUT2D eigenvalue weighted by molar-refractivity contribution is 6.01. The molecule has 0 aliphatic carbocycles. The molecule has 1 aromatic rings. The van der Waals surface area contributed by atoms with E-state index in [0.29, 0.717) is 29.9 Å². The SMILES string of the molecule is COc1cccc(OC)c1C(=O)CCC(C)(C)OC. The minimum absolute atomic E-state index is 0.000532. The lowest BCUT2D eigenvalue weighted by Gasteiger charge is -2.22. The van der Waals surface area contributed by atoms with E-state index in [4.69, 9.17) is 14.2 Å². The van der Waals surface area contributed by atoms with Crippen LogP contribution in [0.1, 0.15) is 37.0 Å². The Kier molecular flexibility index (Phi) is 5.36. The summed E-state index contributed by atoms with van der Waals surface area (Å²) in [6, 6.07) is 5.32. The van der Waals surface area contributed by atoms with Crippen molar-refractivity contribution in [2.75, 3.05) is 21.3 Å². The topological polar surface area (TPSA) is 44.8 Å². The number of methoxy groups -OCH3 is 3. The van der Waals surface area contributed by atoms with Gasteiger partial charge in [-0.05, 0) is 32.4 Å². The van der Waals surface area contributed by atoms with Crippen molar-refractivity contribution in [3.05, 3.63) is 23.8 Å². The predicted molar refractivity (Wildman–Crippen MR) is 74.2 cm³/mol. The molecule has 0 saturated heterocycles. The maximum Gasteiger partial charge on any atom is 0.170 e. The van der Waals surface area contributed by atoms with Crippen molar-refractivity contribution in [1.29, 1.82) is 0 Å². The molecule has 0 aliphatic heterocycles. The van der Waals surface area contributed by atoms with Crippen LogP contribution in [0.3, 0.4) is 0 Å². The van der Waals surface area contributed by atoms with E-state index in [1.165, 1.54) is 0 Å². The average Bonchev–Trinajstić information content (AvgIpc) is 2.43. The van der Waals surface area contributed by atoms with Crippen molar-refractivity contribution in [2.24, 2.45) is 0 Å². The summed E-state index contributed by atoms with van der Waals surface area (Å²) in [5, 5.41) is 0. The number of carbonyl (C=O) groups is 1. The van der Waals surface area contributed by atoms with Gasteiger partial charge < -0.3 is 14.2 Å². The third-order valence-corrected chi connectivity index (χ3v) is 3.21. The van der Waals surface area contributed by atoms with Gasteiger partial charge in [0.25, 0.3) is 0 Å². The molecule has 19 heavy (non-hydrogen) atoms. The van der Waals surface area contributed by atoms with Gasteiger partial charge in [0.15, 0.2) is 5.78 Å². The van der Waals surface area contributed by atoms with E-state index in [1.807, 2.05) is 13.8 Å². The first-order valence-corrected chi connectivity index (χ1v) is 6.24. The molecular formula is C15H22O4. The van der Waals surface area contributed by atoms with Crippen LogP contribution in [-0.2, 0) is 4.74 Å². The Morgan fingerprint density at radius 3 is 2.05 bits per heavy atom. The number of hydrogen-bond acceptors (Lipinski definition) is 4. The maximum atomic E-state index is 12.4. The summed E-state index contributed by atoms with van der Waals surface area (Å²) in [4.78, 5) is 12.4. The molecule has 4 nitrogen and oxygen atoms in total. The van der Waals surface area contributed by atoms with E-state index in [-0.39, 0.29) is 11.4 Å². The third-order valence-electron chi connectivity index (χ3n) is 3.21. The summed E-state index contributed by atoms with van der Waals surface area (Å²) in [5.74, 6) is 1.08. The standard InChI is InChI=1S/C15H22O4/c1-15(2,19-5)10-9-11(16)14-12(17-3)7-6-8-13(14)18-4/h6-8H,9-10H2,1-5H3. The average molecular weight is 266 g/mol. The van der Waals surface area contributed by atoms with E-state index >= 15 is 0 Å². The van der Waals surface area contributed by atoms with Crippen molar-refractivity contribution >= 4 is 5.78 Å². The van der Waals surface area contributed by atoms with Crippen molar-refractivity contribution in [1.82, 2.24) is 0 Å². The summed E-state index contributed by atoms with van der Waals surface area (Å²) < 4.78 is 15.8. The Balaban J connectivity index is 2.93. The molecule has 0 unspecified atom stereocenters. The van der Waals surface area contributed by atoms with Gasteiger partial charge in [-0.15, -0.1) is 0 Å². The first kappa shape index (κ1) is 15.5. The summed E-state index contributed by atoms with van der Waals surface area (Å²) in [6.45, 7) is 3.92. The monoisotopic (exact) mass is 266 g/mol. The molecule has 0 atom stereocenters. The molecule has 0 heterocycles. The first-order valence-electron chi connectivity index (χ1n) is 6.24. The van der Waals surface area contributed by atoms with Crippen LogP contribution in [0.15, 0.2) is 18.2 Å². The van der Waals surface area contributed by atoms with E-state index in [9.17, 15) is 4.79 Å². The van der Waals surface area contributed by atoms with Gasteiger partial charge in [0.05, 0.1) is 19.8 Å². The van der Waals surface area contributed by atoms with Gasteiger partial charge in [0.2, 0.25) is 0 Å². The zero-order chi connectivity index (χ0) is 14.5. The van der Waals surface area contributed by atoms with Crippen LogP contribution in [0.4, 0.5) is 0 Å². The molecule has 0 fully saturated rings. The molecule has 0 N–H and O–H groups in total. The summed E-state index contributed by atoms with van der Waals surface area (Å²) in [7, 11) is 4.74. The van der Waals surface area contributed by atoms with Crippen molar-refractivity contribution in [2.45, 2.75) is 32.3 Å². The molecule has 0 spiro atoms. The Morgan fingerprint density at radius 1 is 1.11 bits per heavy atom. The van der Waals surface area contributed by atoms with Gasteiger partial charge in [-0.25, -0.2) is 0 Å². The molecule has 1 rings (SSSR count). The number of Topliss-reactive ketones (excluding diaryl/α,β-unsaturated/α-hetero) is 1. The number of ether oxygens (including phenoxy) is 3. The minimum Gasteiger partial charge on any atom is -0.496 e. The fourth-order valence-electron chi connectivity index (χ4n) is 1.77. The second-order valence-electron chi connectivity index (χ2n) is 4.92. The highest BCUT2D eigenvalue weighted by atomic mass is 16.5. The third kappa shape index (κ3) is 3.96. The molecule has 4 heteroatoms. The van der Waals surface area contributed by atoms with Crippen LogP contribution in [0.25, 0.3) is 0 Å². The fraction of sp³-hybridized carbons (Fsp3) is 0.533. The Hall–Kier alpha value is -1.55. The maximum absolute atomic E-state index is 12.4. The second kappa shape index (κ2) is 6.57. The highest BCUT2D eigenvalue weighted by Gasteiger charge is 2.22. The smallest absolute Gasteiger partial charge is 0.170 e. The first-order chi connectivity index (χ1) is 8.95. The summed E-state index contributed by atoms with van der Waals surface area (Å²) >= 11 is 0. The van der Waals surface area contributed by atoms with E-state index in [0.717, 1.165) is 0 Å². The van der Waals surface area contributed by atoms with Crippen molar-refractivity contribution in [3.63, 3.8) is 0 Å². The second-order valence-corrected chi connectivity index (χ2v) is 4.92. The molecule has 0 aliphatic rings. The van der Waals surface area contributed by atoms with E-state index in [2.05, 4.69) is 0 Å². The molecule has 0 bridgehead atoms. The Bertz CT molecular complexity index is 416. The molecule has 0 aromatic heterocycles. The summed E-state index contributed by atoms with van der Waals surface area (Å²) in [6.07, 6.45) is 1.03. The van der Waals surface area contributed by atoms with Crippen LogP contribution in [0.5, 0.6) is 11.5 Å². The lowest BCUT2D eigenvalue weighted by Crippen LogP contribution is -2.23. The van der Waals surface area contributed by atoms with Crippen LogP contribution < -0.4 is 9.47 Å². The van der Waals surface area contributed by atoms with Crippen LogP contribution in [0.2, 0.25) is 0 Å². The Morgan fingerprint density at radius 2 is 1.63 bits per heavy atom. The summed E-state index contributed by atoms with van der Waals surface area (Å²) in [5.41, 5.74) is 0.185. The molecule has 106 valence electrons. The highest BCUT2D eigenvalue weighted by Crippen LogP contribution is 2.30. The molecule has 1 aromatic carbocycles. The number of benzene rings is 1. The normalized spacial score (nSPS) is 11.2. The van der Waals surface area contributed by atoms with Crippen molar-refractivity contribution < 1.29 is 19.0 Å². The van der Waals surface area contributed by atoms with Crippen LogP contribution >= 0.6 is 0 Å².